The molecule has 3 aromatic heterocycles. The van der Waals surface area contributed by atoms with Crippen LogP contribution >= 0.6 is 0 Å². The molecule has 0 radical (unpaired) electrons. The Kier molecular flexibility index (Phi) is 5.86. The van der Waals surface area contributed by atoms with Crippen molar-refractivity contribution in [3.8, 4) is 22.5 Å². The number of hydrogen-bond acceptors (Lipinski definition) is 0. The third-order valence-corrected chi connectivity index (χ3v) is 11.5. The summed E-state index contributed by atoms with van der Waals surface area (Å²) in [6.45, 7) is 8.72. The van der Waals surface area contributed by atoms with Crippen molar-refractivity contribution in [3.63, 3.8) is 0 Å². The fourth-order valence-electron chi connectivity index (χ4n) is 7.08. The number of allylic oxidation sites excluding steroid dienone is 1. The second-order valence-electron chi connectivity index (χ2n) is 11.5. The summed E-state index contributed by atoms with van der Waals surface area (Å²) in [4.78, 5) is 0. The molecule has 0 amide bonds. The molecule has 0 saturated heterocycles. The maximum atomic E-state index is 4.66. The number of para-hydroxylation sites is 3. The van der Waals surface area contributed by atoms with Gasteiger partial charge in [-0.15, -0.1) is 0 Å². The van der Waals surface area contributed by atoms with E-state index in [1.165, 1.54) is 68.8 Å². The minimum absolute atomic E-state index is 0.165. The van der Waals surface area contributed by atoms with Crippen LogP contribution in [0.15, 0.2) is 146 Å². The van der Waals surface area contributed by atoms with Gasteiger partial charge in [-0.2, -0.15) is 0 Å². The molecule has 3 heteroatoms. The molecule has 0 aliphatic heterocycles. The Morgan fingerprint density at radius 1 is 0.578 bits per heavy atom. The number of rotatable bonds is 4. The van der Waals surface area contributed by atoms with Crippen LogP contribution in [0.2, 0.25) is 0 Å². The van der Waals surface area contributed by atoms with Gasteiger partial charge in [0, 0.05) is 0 Å². The van der Waals surface area contributed by atoms with Crippen molar-refractivity contribution in [2.24, 2.45) is 0 Å². The van der Waals surface area contributed by atoms with Gasteiger partial charge >= 0.3 is 267 Å². The van der Waals surface area contributed by atoms with Crippen LogP contribution in [0.4, 0.5) is 0 Å². The van der Waals surface area contributed by atoms with E-state index in [0.717, 1.165) is 16.3 Å². The van der Waals surface area contributed by atoms with Crippen molar-refractivity contribution in [1.29, 1.82) is 0 Å². The van der Waals surface area contributed by atoms with E-state index in [1.54, 1.807) is 0 Å². The number of benzene rings is 6. The van der Waals surface area contributed by atoms with Crippen LogP contribution in [-0.2, 0) is 0 Å². The molecule has 6 aromatic carbocycles. The average Bonchev–Trinajstić information content (AvgIpc) is 3.73. The zero-order valence-corrected chi connectivity index (χ0v) is 26.3. The first-order valence-electron chi connectivity index (χ1n) is 15.2. The van der Waals surface area contributed by atoms with Crippen molar-refractivity contribution in [2.45, 2.75) is 0 Å². The van der Waals surface area contributed by atoms with Gasteiger partial charge in [-0.25, -0.2) is 0 Å². The molecule has 0 spiro atoms. The molecule has 3 heterocycles. The summed E-state index contributed by atoms with van der Waals surface area (Å²) in [6.07, 6.45) is 3.97. The Morgan fingerprint density at radius 3 is 1.98 bits per heavy atom. The summed E-state index contributed by atoms with van der Waals surface area (Å²) >= 11 is 0.165. The van der Waals surface area contributed by atoms with Crippen LogP contribution < -0.4 is 10.6 Å². The zero-order chi connectivity index (χ0) is 30.1. The monoisotopic (exact) mass is 640 g/mol. The molecular weight excluding hydrogens is 611 g/mol. The first-order valence-corrected chi connectivity index (χ1v) is 16.9. The first-order chi connectivity index (χ1) is 22.2. The van der Waals surface area contributed by atoms with E-state index in [1.807, 2.05) is 6.08 Å². The Labute approximate surface area is 266 Å². The predicted octanol–water partition coefficient (Wildman–Crippen LogP) is 9.13. The Hall–Kier alpha value is -5.34. The van der Waals surface area contributed by atoms with Gasteiger partial charge in [0.05, 0.1) is 0 Å². The summed E-state index contributed by atoms with van der Waals surface area (Å²) in [6, 6.07) is 48.5. The Balaban J connectivity index is 1.43. The zero-order valence-electron chi connectivity index (χ0n) is 24.6. The second-order valence-corrected chi connectivity index (χ2v) is 13.7. The molecule has 2 nitrogen and oxygen atoms in total. The van der Waals surface area contributed by atoms with E-state index in [0.29, 0.717) is 0 Å². The molecule has 0 bridgehead atoms. The van der Waals surface area contributed by atoms with Gasteiger partial charge in [-0.3, -0.25) is 0 Å². The van der Waals surface area contributed by atoms with E-state index < -0.39 is 0 Å². The first kappa shape index (κ1) is 26.1. The molecule has 0 saturated carbocycles. The number of nitrogens with zero attached hydrogens (tertiary/aromatic N) is 2. The second kappa shape index (κ2) is 10.1. The van der Waals surface area contributed by atoms with E-state index in [-0.39, 0.29) is 14.5 Å². The summed E-state index contributed by atoms with van der Waals surface area (Å²) in [5, 5.41) is 8.48. The molecule has 0 aliphatic carbocycles. The van der Waals surface area contributed by atoms with E-state index in [9.17, 15) is 0 Å². The quantitative estimate of drug-likeness (QED) is 0.170. The molecule has 0 aliphatic rings. The fraction of sp³-hybridized carbons (Fsp3) is 0. The van der Waals surface area contributed by atoms with Crippen LogP contribution in [-0.4, -0.2) is 23.6 Å². The summed E-state index contributed by atoms with van der Waals surface area (Å²) in [5.74, 6) is 0. The van der Waals surface area contributed by atoms with Crippen molar-refractivity contribution in [1.82, 2.24) is 9.13 Å². The van der Waals surface area contributed by atoms with Crippen LogP contribution in [0.1, 0.15) is 0 Å². The molecule has 45 heavy (non-hydrogen) atoms. The minimum atomic E-state index is 0.165. The van der Waals surface area contributed by atoms with Crippen LogP contribution in [0.25, 0.3) is 87.2 Å². The van der Waals surface area contributed by atoms with Crippen LogP contribution in [0.3, 0.4) is 0 Å². The molecule has 9 rings (SSSR count). The van der Waals surface area contributed by atoms with Gasteiger partial charge < -0.3 is 0 Å². The standard InChI is InChI=1S/C42H28N2Se/c1-3-14-36-27(2)33-26-34(42-40(32-20-11-13-22-39(32)45-42)41(33)44(36)30-17-8-5-9-18-30)28-23-24-38-35(25-28)31-19-10-12-21-37(31)43(38)29-15-6-4-7-16-29/h3-26H,1-2H2/b36-14+. The molecular formula is C42H28N2Se. The Morgan fingerprint density at radius 2 is 1.22 bits per heavy atom. The van der Waals surface area contributed by atoms with Crippen molar-refractivity contribution >= 4 is 79.2 Å². The fourth-order valence-corrected chi connectivity index (χ4v) is 9.69. The van der Waals surface area contributed by atoms with Crippen LogP contribution in [0, 0.1) is 0 Å². The van der Waals surface area contributed by atoms with E-state index >= 15 is 0 Å². The number of hydrogen-bond donors (Lipinski definition) is 0. The topological polar surface area (TPSA) is 9.86 Å². The SMILES string of the molecule is C=C/C=c1\c(=C)c2cc(-c3ccc4c(c3)c3ccccc3n4-c3ccccc3)c3[se]c4ccccc4c3c2n1-c1ccccc1. The summed E-state index contributed by atoms with van der Waals surface area (Å²) < 4.78 is 7.63. The normalized spacial score (nSPS) is 12.3. The third kappa shape index (κ3) is 3.82. The van der Waals surface area contributed by atoms with Gasteiger partial charge in [0.15, 0.2) is 0 Å². The molecule has 0 atom stereocenters. The van der Waals surface area contributed by atoms with E-state index in [2.05, 4.69) is 162 Å². The van der Waals surface area contributed by atoms with Crippen molar-refractivity contribution in [2.75, 3.05) is 0 Å². The van der Waals surface area contributed by atoms with Crippen molar-refractivity contribution in [3.05, 3.63) is 157 Å². The molecule has 9 aromatic rings. The maximum absolute atomic E-state index is 4.66. The van der Waals surface area contributed by atoms with Gasteiger partial charge in [0.2, 0.25) is 0 Å². The van der Waals surface area contributed by atoms with Crippen molar-refractivity contribution < 1.29 is 0 Å². The summed E-state index contributed by atoms with van der Waals surface area (Å²) in [7, 11) is 0. The van der Waals surface area contributed by atoms with Gasteiger partial charge in [-0.05, 0) is 0 Å². The number of fused-ring (bicyclic) bond motifs is 8. The Bertz CT molecular complexity index is 2720. The molecule has 0 N–H and O–H groups in total. The number of aromatic nitrogens is 2. The van der Waals surface area contributed by atoms with Crippen LogP contribution in [0.5, 0.6) is 0 Å². The van der Waals surface area contributed by atoms with Gasteiger partial charge in [0.1, 0.15) is 0 Å². The molecule has 212 valence electrons. The predicted molar refractivity (Wildman–Crippen MR) is 194 cm³/mol. The van der Waals surface area contributed by atoms with Gasteiger partial charge in [0.25, 0.3) is 0 Å². The van der Waals surface area contributed by atoms with Gasteiger partial charge in [-0.1, -0.05) is 0 Å². The third-order valence-electron chi connectivity index (χ3n) is 9.01. The summed E-state index contributed by atoms with van der Waals surface area (Å²) in [5.41, 5.74) is 8.51. The molecule has 0 fully saturated rings. The molecule has 0 unspecified atom stereocenters. The van der Waals surface area contributed by atoms with E-state index in [4.69, 9.17) is 0 Å². The average molecular weight is 640 g/mol.